The van der Waals surface area contributed by atoms with E-state index in [2.05, 4.69) is 34.3 Å². The number of ketones is 1. The Kier molecular flexibility index (Phi) is 12.8. The number of epoxide rings is 1. The fourth-order valence-electron chi connectivity index (χ4n) is 2.96. The van der Waals surface area contributed by atoms with E-state index in [1.807, 2.05) is 60.6 Å². The summed E-state index contributed by atoms with van der Waals surface area (Å²) in [5.74, 6) is 0.493. The summed E-state index contributed by atoms with van der Waals surface area (Å²) in [6.07, 6.45) is 6.55. The second-order valence-corrected chi connectivity index (χ2v) is 6.79. The van der Waals surface area contributed by atoms with Gasteiger partial charge < -0.3 is 4.74 Å². The van der Waals surface area contributed by atoms with Gasteiger partial charge in [-0.25, -0.2) is 0 Å². The van der Waals surface area contributed by atoms with E-state index in [4.69, 9.17) is 4.74 Å². The highest BCUT2D eigenvalue weighted by Gasteiger charge is 2.53. The summed E-state index contributed by atoms with van der Waals surface area (Å²) in [7, 11) is 0. The first-order valence-electron chi connectivity index (χ1n) is 10.5. The van der Waals surface area contributed by atoms with Crippen molar-refractivity contribution in [2.45, 2.75) is 88.2 Å². The van der Waals surface area contributed by atoms with Crippen LogP contribution < -0.4 is 0 Å². The van der Waals surface area contributed by atoms with Gasteiger partial charge in [-0.3, -0.25) is 4.79 Å². The van der Waals surface area contributed by atoms with Crippen molar-refractivity contribution in [2.75, 3.05) is 6.61 Å². The molecule has 2 rings (SSSR count). The molecule has 0 saturated carbocycles. The van der Waals surface area contributed by atoms with Gasteiger partial charge >= 0.3 is 0 Å². The molecule has 3 unspecified atom stereocenters. The van der Waals surface area contributed by atoms with Crippen LogP contribution in [0.15, 0.2) is 36.0 Å². The number of hydrogen-bond acceptors (Lipinski definition) is 2. The summed E-state index contributed by atoms with van der Waals surface area (Å²) in [6, 6.07) is 0. The summed E-state index contributed by atoms with van der Waals surface area (Å²) >= 11 is 0. The van der Waals surface area contributed by atoms with Gasteiger partial charge in [-0.2, -0.15) is 0 Å². The minimum atomic E-state index is -0.313. The Hall–Kier alpha value is -1.15. The van der Waals surface area contributed by atoms with Crippen LogP contribution in [0.2, 0.25) is 0 Å². The molecule has 0 amide bonds. The third kappa shape index (κ3) is 5.94. The average Bonchev–Trinajstić information content (AvgIpc) is 3.47. The van der Waals surface area contributed by atoms with Crippen LogP contribution in [0.3, 0.4) is 0 Å². The lowest BCUT2D eigenvalue weighted by atomic mass is 9.66. The van der Waals surface area contributed by atoms with Crippen molar-refractivity contribution in [1.29, 1.82) is 0 Å². The Labute approximate surface area is 163 Å². The van der Waals surface area contributed by atoms with Crippen LogP contribution in [0.1, 0.15) is 82.6 Å². The maximum Gasteiger partial charge on any atom is 0.182 e. The summed E-state index contributed by atoms with van der Waals surface area (Å²) < 4.78 is 5.75. The molecular formula is C24H44O2. The van der Waals surface area contributed by atoms with Crippen molar-refractivity contribution in [2.24, 2.45) is 17.3 Å². The minimum Gasteiger partial charge on any atom is -0.360 e. The first-order chi connectivity index (χ1) is 12.3. The van der Waals surface area contributed by atoms with Crippen LogP contribution in [-0.2, 0) is 9.53 Å². The van der Waals surface area contributed by atoms with Crippen molar-refractivity contribution in [1.82, 2.24) is 0 Å². The van der Waals surface area contributed by atoms with E-state index < -0.39 is 0 Å². The number of allylic oxidation sites excluding steroid dienone is 3. The predicted molar refractivity (Wildman–Crippen MR) is 116 cm³/mol. The van der Waals surface area contributed by atoms with E-state index in [0.29, 0.717) is 12.5 Å². The molecule has 2 heteroatoms. The molecule has 1 heterocycles. The molecule has 2 aliphatic rings. The van der Waals surface area contributed by atoms with Gasteiger partial charge in [-0.15, -0.1) is 6.58 Å². The molecule has 1 aliphatic heterocycles. The van der Waals surface area contributed by atoms with E-state index >= 15 is 0 Å². The Balaban J connectivity index is 0. The Morgan fingerprint density at radius 3 is 2.00 bits per heavy atom. The fraction of sp³-hybridized carbons (Fsp3) is 0.708. The van der Waals surface area contributed by atoms with Gasteiger partial charge in [0, 0.05) is 11.5 Å². The van der Waals surface area contributed by atoms with Crippen molar-refractivity contribution < 1.29 is 9.53 Å². The molecule has 26 heavy (non-hydrogen) atoms. The first-order valence-corrected chi connectivity index (χ1v) is 10.5. The predicted octanol–water partition coefficient (Wildman–Crippen LogP) is 7.16. The zero-order chi connectivity index (χ0) is 21.1. The SMILES string of the molecule is C=CC(C)C1=C(C(C)C(C)(C)CC)C2(C=CC1=O)CO2.CC.CC.CC. The minimum absolute atomic E-state index is 0.0682. The second kappa shape index (κ2) is 12.3. The van der Waals surface area contributed by atoms with Gasteiger partial charge in [-0.1, -0.05) is 88.7 Å². The topological polar surface area (TPSA) is 29.6 Å². The highest BCUT2D eigenvalue weighted by molar-refractivity contribution is 6.07. The summed E-state index contributed by atoms with van der Waals surface area (Å²) in [5, 5.41) is 0. The number of ether oxygens (including phenoxy) is 1. The third-order valence-electron chi connectivity index (χ3n) is 5.30. The van der Waals surface area contributed by atoms with E-state index in [0.717, 1.165) is 12.0 Å². The molecule has 0 N–H and O–H groups in total. The molecule has 1 spiro atoms. The number of rotatable bonds is 5. The molecule has 0 aromatic heterocycles. The van der Waals surface area contributed by atoms with Crippen molar-refractivity contribution >= 4 is 5.78 Å². The molecule has 0 bridgehead atoms. The molecule has 0 aromatic rings. The highest BCUT2D eigenvalue weighted by atomic mass is 16.6. The van der Waals surface area contributed by atoms with E-state index in [-0.39, 0.29) is 22.7 Å². The first kappa shape index (κ1) is 27.1. The molecule has 0 aromatic carbocycles. The summed E-state index contributed by atoms with van der Waals surface area (Å²) in [5.41, 5.74) is 1.91. The smallest absolute Gasteiger partial charge is 0.182 e. The second-order valence-electron chi connectivity index (χ2n) is 6.79. The zero-order valence-corrected chi connectivity index (χ0v) is 19.3. The number of carbonyl (C=O) groups is 1. The molecule has 152 valence electrons. The van der Waals surface area contributed by atoms with Crippen molar-refractivity contribution in [3.63, 3.8) is 0 Å². The molecule has 1 aliphatic carbocycles. The highest BCUT2D eigenvalue weighted by Crippen LogP contribution is 2.51. The maximum atomic E-state index is 12.4. The van der Waals surface area contributed by atoms with E-state index in [1.54, 1.807) is 6.08 Å². The van der Waals surface area contributed by atoms with E-state index in [9.17, 15) is 4.79 Å². The van der Waals surface area contributed by atoms with Gasteiger partial charge in [0.15, 0.2) is 5.78 Å². The third-order valence-corrected chi connectivity index (χ3v) is 5.30. The van der Waals surface area contributed by atoms with Crippen LogP contribution in [0.4, 0.5) is 0 Å². The monoisotopic (exact) mass is 364 g/mol. The van der Waals surface area contributed by atoms with Crippen LogP contribution in [0, 0.1) is 17.3 Å². The van der Waals surface area contributed by atoms with Crippen molar-refractivity contribution in [3.05, 3.63) is 36.0 Å². The van der Waals surface area contributed by atoms with Crippen LogP contribution in [-0.4, -0.2) is 18.0 Å². The molecule has 1 saturated heterocycles. The molecule has 2 nitrogen and oxygen atoms in total. The lowest BCUT2D eigenvalue weighted by molar-refractivity contribution is -0.112. The van der Waals surface area contributed by atoms with Crippen LogP contribution >= 0.6 is 0 Å². The Bertz CT molecular complexity index is 490. The molecule has 0 radical (unpaired) electrons. The largest absolute Gasteiger partial charge is 0.360 e. The average molecular weight is 365 g/mol. The van der Waals surface area contributed by atoms with E-state index in [1.165, 1.54) is 5.57 Å². The Morgan fingerprint density at radius 2 is 1.65 bits per heavy atom. The molecular weight excluding hydrogens is 320 g/mol. The van der Waals surface area contributed by atoms with Gasteiger partial charge in [-0.05, 0) is 29.1 Å². The van der Waals surface area contributed by atoms with Gasteiger partial charge in [0.1, 0.15) is 5.60 Å². The zero-order valence-electron chi connectivity index (χ0n) is 19.3. The molecule has 3 atom stereocenters. The van der Waals surface area contributed by atoms with Gasteiger partial charge in [0.2, 0.25) is 0 Å². The van der Waals surface area contributed by atoms with Crippen LogP contribution in [0.5, 0.6) is 0 Å². The standard InChI is InChI=1S/C18H26O2.3C2H6/c1-7-12(3)15-14(19)9-10-18(11-20-18)16(15)13(4)17(5,6)8-2;3*1-2/h7,9-10,12-13H,1,8,11H2,2-6H3;3*1-2H3. The van der Waals surface area contributed by atoms with Gasteiger partial charge in [0.05, 0.1) is 6.61 Å². The summed E-state index contributed by atoms with van der Waals surface area (Å²) in [6.45, 7) is 27.6. The van der Waals surface area contributed by atoms with Gasteiger partial charge in [0.25, 0.3) is 0 Å². The fourth-order valence-corrected chi connectivity index (χ4v) is 2.96. The number of carbonyl (C=O) groups excluding carboxylic acids is 1. The quantitative estimate of drug-likeness (QED) is 0.382. The summed E-state index contributed by atoms with van der Waals surface area (Å²) in [4.78, 5) is 12.4. The maximum absolute atomic E-state index is 12.4. The normalized spacial score (nSPS) is 22.8. The lowest BCUT2D eigenvalue weighted by Crippen LogP contribution is -2.34. The number of hydrogen-bond donors (Lipinski definition) is 0. The Morgan fingerprint density at radius 1 is 1.19 bits per heavy atom. The van der Waals surface area contributed by atoms with Crippen LogP contribution in [0.25, 0.3) is 0 Å². The lowest BCUT2D eigenvalue weighted by Gasteiger charge is -2.37. The molecule has 1 fully saturated rings. The van der Waals surface area contributed by atoms with Crippen molar-refractivity contribution in [3.8, 4) is 0 Å².